The van der Waals surface area contributed by atoms with E-state index in [4.69, 9.17) is 0 Å². The Kier molecular flexibility index (Phi) is 6.23. The van der Waals surface area contributed by atoms with Crippen LogP contribution in [0.4, 0.5) is 0 Å². The third-order valence-corrected chi connectivity index (χ3v) is 5.42. The molecule has 5 heteroatoms. The molecule has 1 aromatic carbocycles. The van der Waals surface area contributed by atoms with Crippen LogP contribution in [0.25, 0.3) is 0 Å². The van der Waals surface area contributed by atoms with Gasteiger partial charge in [0.15, 0.2) is 0 Å². The quantitative estimate of drug-likeness (QED) is 0.891. The minimum Gasteiger partial charge on any atom is -0.341 e. The van der Waals surface area contributed by atoms with E-state index in [0.717, 1.165) is 31.5 Å². The van der Waals surface area contributed by atoms with E-state index in [-0.39, 0.29) is 11.8 Å². The van der Waals surface area contributed by atoms with Gasteiger partial charge in [-0.3, -0.25) is 9.59 Å². The second kappa shape index (κ2) is 8.81. The van der Waals surface area contributed by atoms with Crippen LogP contribution in [0.3, 0.4) is 0 Å². The van der Waals surface area contributed by atoms with Gasteiger partial charge in [0, 0.05) is 19.5 Å². The predicted molar refractivity (Wildman–Crippen MR) is 101 cm³/mol. The van der Waals surface area contributed by atoms with E-state index < -0.39 is 6.04 Å². The number of thiophene rings is 1. The van der Waals surface area contributed by atoms with Crippen LogP contribution in [0.5, 0.6) is 0 Å². The molecule has 1 fully saturated rings. The fourth-order valence-corrected chi connectivity index (χ4v) is 3.83. The van der Waals surface area contributed by atoms with Gasteiger partial charge in [-0.25, -0.2) is 0 Å². The fourth-order valence-electron chi connectivity index (χ4n) is 3.20. The topological polar surface area (TPSA) is 49.4 Å². The van der Waals surface area contributed by atoms with Crippen molar-refractivity contribution in [3.8, 4) is 0 Å². The Bertz CT molecular complexity index is 677. The van der Waals surface area contributed by atoms with Crippen molar-refractivity contribution in [1.82, 2.24) is 10.2 Å². The lowest BCUT2D eigenvalue weighted by Gasteiger charge is -2.27. The van der Waals surface area contributed by atoms with Crippen molar-refractivity contribution >= 4 is 23.2 Å². The maximum Gasteiger partial charge on any atom is 0.262 e. The van der Waals surface area contributed by atoms with E-state index >= 15 is 0 Å². The van der Waals surface area contributed by atoms with Gasteiger partial charge < -0.3 is 10.2 Å². The number of likely N-dealkylation sites (tertiary alicyclic amines) is 1. The summed E-state index contributed by atoms with van der Waals surface area (Å²) < 4.78 is 0. The van der Waals surface area contributed by atoms with Gasteiger partial charge >= 0.3 is 0 Å². The number of rotatable bonds is 5. The van der Waals surface area contributed by atoms with Gasteiger partial charge in [-0.05, 0) is 29.9 Å². The Morgan fingerprint density at radius 1 is 1.00 bits per heavy atom. The molecule has 2 amide bonds. The van der Waals surface area contributed by atoms with E-state index in [9.17, 15) is 9.59 Å². The Hall–Kier alpha value is -2.14. The summed E-state index contributed by atoms with van der Waals surface area (Å²) >= 11 is 1.39. The number of nitrogens with zero attached hydrogens (tertiary/aromatic N) is 1. The fraction of sp³-hybridized carbons (Fsp3) is 0.400. The summed E-state index contributed by atoms with van der Waals surface area (Å²) in [5, 5.41) is 4.84. The molecule has 0 spiro atoms. The molecule has 1 N–H and O–H groups in total. The highest BCUT2D eigenvalue weighted by Gasteiger charge is 2.27. The van der Waals surface area contributed by atoms with Crippen LogP contribution in [0.2, 0.25) is 0 Å². The van der Waals surface area contributed by atoms with Gasteiger partial charge in [0.05, 0.1) is 4.88 Å². The van der Waals surface area contributed by atoms with Crippen LogP contribution in [0.15, 0.2) is 47.8 Å². The second-order valence-electron chi connectivity index (χ2n) is 6.43. The van der Waals surface area contributed by atoms with Crippen LogP contribution in [-0.4, -0.2) is 35.8 Å². The average molecular weight is 356 g/mol. The normalized spacial score (nSPS) is 16.1. The Morgan fingerprint density at radius 3 is 2.36 bits per heavy atom. The first-order chi connectivity index (χ1) is 12.2. The first-order valence-corrected chi connectivity index (χ1v) is 9.79. The number of benzene rings is 1. The lowest BCUT2D eigenvalue weighted by Crippen LogP contribution is -2.49. The molecule has 1 aromatic heterocycles. The van der Waals surface area contributed by atoms with Crippen LogP contribution in [-0.2, 0) is 11.2 Å². The summed E-state index contributed by atoms with van der Waals surface area (Å²) in [5.41, 5.74) is 1.06. The largest absolute Gasteiger partial charge is 0.341 e. The molecule has 25 heavy (non-hydrogen) atoms. The van der Waals surface area contributed by atoms with Gasteiger partial charge in [0.1, 0.15) is 6.04 Å². The molecule has 0 radical (unpaired) electrons. The number of hydrogen-bond donors (Lipinski definition) is 1. The molecule has 1 aliphatic heterocycles. The van der Waals surface area contributed by atoms with Gasteiger partial charge in [-0.1, -0.05) is 49.2 Å². The van der Waals surface area contributed by atoms with E-state index in [2.05, 4.69) is 5.32 Å². The first kappa shape index (κ1) is 17.7. The van der Waals surface area contributed by atoms with E-state index in [1.165, 1.54) is 24.2 Å². The zero-order valence-corrected chi connectivity index (χ0v) is 15.1. The maximum atomic E-state index is 13.1. The Morgan fingerprint density at radius 2 is 1.72 bits per heavy atom. The van der Waals surface area contributed by atoms with Crippen molar-refractivity contribution in [1.29, 1.82) is 0 Å². The molecule has 1 unspecified atom stereocenters. The molecule has 1 saturated heterocycles. The number of carbonyl (C=O) groups is 2. The average Bonchev–Trinajstić information content (AvgIpc) is 3.04. The number of hydrogen-bond acceptors (Lipinski definition) is 3. The zero-order valence-electron chi connectivity index (χ0n) is 14.3. The highest BCUT2D eigenvalue weighted by atomic mass is 32.1. The smallest absolute Gasteiger partial charge is 0.262 e. The van der Waals surface area contributed by atoms with E-state index in [0.29, 0.717) is 11.3 Å². The molecule has 2 heterocycles. The monoisotopic (exact) mass is 356 g/mol. The molecule has 0 bridgehead atoms. The van der Waals surface area contributed by atoms with Gasteiger partial charge in [0.25, 0.3) is 5.91 Å². The minimum atomic E-state index is -0.518. The predicted octanol–water partition coefficient (Wildman–Crippen LogP) is 3.49. The highest BCUT2D eigenvalue weighted by Crippen LogP contribution is 2.14. The minimum absolute atomic E-state index is 0.0376. The van der Waals surface area contributed by atoms with E-state index in [1.807, 2.05) is 46.7 Å². The molecular formula is C20H24N2O2S. The first-order valence-electron chi connectivity index (χ1n) is 8.91. The number of nitrogens with one attached hydrogen (secondary N) is 1. The number of carbonyl (C=O) groups excluding carboxylic acids is 2. The molecule has 3 rings (SSSR count). The SMILES string of the molecule is O=C(NC(Cc1ccccc1)C(=O)N1CCCCCC1)c1cccs1. The molecule has 0 saturated carbocycles. The van der Waals surface area contributed by atoms with Crippen LogP contribution >= 0.6 is 11.3 Å². The van der Waals surface area contributed by atoms with Gasteiger partial charge in [-0.2, -0.15) is 0 Å². The molecule has 0 aliphatic carbocycles. The third-order valence-electron chi connectivity index (χ3n) is 4.55. The van der Waals surface area contributed by atoms with Gasteiger partial charge in [0.2, 0.25) is 5.91 Å². The van der Waals surface area contributed by atoms with Crippen molar-refractivity contribution in [2.75, 3.05) is 13.1 Å². The molecule has 132 valence electrons. The van der Waals surface area contributed by atoms with E-state index in [1.54, 1.807) is 6.07 Å². The summed E-state index contributed by atoms with van der Waals surface area (Å²) in [6, 6.07) is 13.0. The van der Waals surface area contributed by atoms with Crippen LogP contribution in [0.1, 0.15) is 40.9 Å². The van der Waals surface area contributed by atoms with Crippen molar-refractivity contribution in [2.24, 2.45) is 0 Å². The Labute approximate surface area is 152 Å². The van der Waals surface area contributed by atoms with Crippen molar-refractivity contribution in [3.63, 3.8) is 0 Å². The van der Waals surface area contributed by atoms with Crippen molar-refractivity contribution < 1.29 is 9.59 Å². The molecular weight excluding hydrogens is 332 g/mol. The van der Waals surface area contributed by atoms with Gasteiger partial charge in [-0.15, -0.1) is 11.3 Å². The lowest BCUT2D eigenvalue weighted by molar-refractivity contribution is -0.133. The molecule has 4 nitrogen and oxygen atoms in total. The van der Waals surface area contributed by atoms with Crippen molar-refractivity contribution in [3.05, 3.63) is 58.3 Å². The third kappa shape index (κ3) is 4.92. The summed E-state index contributed by atoms with van der Waals surface area (Å²) in [4.78, 5) is 28.1. The summed E-state index contributed by atoms with van der Waals surface area (Å²) in [5.74, 6) is -0.130. The lowest BCUT2D eigenvalue weighted by atomic mass is 10.0. The summed E-state index contributed by atoms with van der Waals surface area (Å²) in [6.07, 6.45) is 4.96. The second-order valence-corrected chi connectivity index (χ2v) is 7.38. The van der Waals surface area contributed by atoms with Crippen LogP contribution < -0.4 is 5.32 Å². The van der Waals surface area contributed by atoms with Crippen molar-refractivity contribution in [2.45, 2.75) is 38.1 Å². The highest BCUT2D eigenvalue weighted by molar-refractivity contribution is 7.12. The Balaban J connectivity index is 1.75. The standard InChI is InChI=1S/C20H24N2O2S/c23-19(18-11-8-14-25-18)21-17(15-16-9-4-3-5-10-16)20(24)22-12-6-1-2-7-13-22/h3-5,8-11,14,17H,1-2,6-7,12-13,15H2,(H,21,23). The molecule has 2 aromatic rings. The number of amides is 2. The molecule has 1 aliphatic rings. The summed E-state index contributed by atoms with van der Waals surface area (Å²) in [6.45, 7) is 1.58. The zero-order chi connectivity index (χ0) is 17.5. The maximum absolute atomic E-state index is 13.1. The molecule has 1 atom stereocenters. The summed E-state index contributed by atoms with van der Waals surface area (Å²) in [7, 11) is 0. The van der Waals surface area contributed by atoms with Crippen LogP contribution in [0, 0.1) is 0 Å².